The molecule has 0 radical (unpaired) electrons. The minimum atomic E-state index is 0.269. The van der Waals surface area contributed by atoms with Gasteiger partial charge in [-0.05, 0) is 54.9 Å². The molecule has 0 heterocycles. The van der Waals surface area contributed by atoms with E-state index in [1.807, 2.05) is 32.0 Å². The van der Waals surface area contributed by atoms with Gasteiger partial charge in [-0.2, -0.15) is 0 Å². The highest BCUT2D eigenvalue weighted by Gasteiger charge is 2.12. The Balaban J connectivity index is 0.000000570. The Morgan fingerprint density at radius 1 is 1.39 bits per heavy atom. The SMILES string of the molecule is C=CC(=N)/C=C(\C=N)C(C)=Nc1ccc(P)cc1C.CC1CC1. The zero-order chi connectivity index (χ0) is 17.4. The third kappa shape index (κ3) is 7.30. The molecule has 122 valence electrons. The highest BCUT2D eigenvalue weighted by molar-refractivity contribution is 7.27. The molecule has 2 N–H and O–H groups in total. The number of allylic oxidation sites excluding steroid dienone is 3. The van der Waals surface area contributed by atoms with Crippen molar-refractivity contribution < 1.29 is 0 Å². The van der Waals surface area contributed by atoms with Gasteiger partial charge in [0.15, 0.2) is 0 Å². The molecule has 1 aliphatic rings. The van der Waals surface area contributed by atoms with Gasteiger partial charge in [0.25, 0.3) is 0 Å². The lowest BCUT2D eigenvalue weighted by Gasteiger charge is -2.05. The van der Waals surface area contributed by atoms with E-state index in [-0.39, 0.29) is 5.71 Å². The Hall–Kier alpha value is -1.86. The fourth-order valence-corrected chi connectivity index (χ4v) is 2.04. The van der Waals surface area contributed by atoms with Gasteiger partial charge in [-0.3, -0.25) is 4.99 Å². The standard InChI is InChI=1S/C15H18N3P.C4H8/c1-4-13(17)8-12(9-16)11(3)18-15-6-5-14(19)7-10(15)2;1-4-2-3-4/h4-9,16-17H,1,19H2,2-3H3;4H,2-3H2,1H3/b12-8+,16-9?,17-13?,18-11?;. The molecule has 1 saturated carbocycles. The largest absolute Gasteiger partial charge is 0.308 e. The van der Waals surface area contributed by atoms with Crippen LogP contribution in [0.3, 0.4) is 0 Å². The average Bonchev–Trinajstić information content (AvgIpc) is 3.30. The van der Waals surface area contributed by atoms with Crippen LogP contribution in [0.2, 0.25) is 0 Å². The maximum Gasteiger partial charge on any atom is 0.0662 e. The number of hydrogen-bond acceptors (Lipinski definition) is 3. The van der Waals surface area contributed by atoms with Crippen LogP contribution in [0.4, 0.5) is 5.69 Å². The Bertz CT molecular complexity index is 653. The molecule has 0 aromatic heterocycles. The maximum atomic E-state index is 7.56. The number of aryl methyl sites for hydroxylation is 1. The predicted octanol–water partition coefficient (Wildman–Crippen LogP) is 4.79. The van der Waals surface area contributed by atoms with Gasteiger partial charge in [0.2, 0.25) is 0 Å². The average molecular weight is 327 g/mol. The fraction of sp³-hybridized carbons (Fsp3) is 0.316. The van der Waals surface area contributed by atoms with Gasteiger partial charge >= 0.3 is 0 Å². The van der Waals surface area contributed by atoms with Crippen LogP contribution in [-0.4, -0.2) is 17.6 Å². The van der Waals surface area contributed by atoms with Gasteiger partial charge in [0.1, 0.15) is 0 Å². The van der Waals surface area contributed by atoms with Crippen molar-refractivity contribution in [1.82, 2.24) is 0 Å². The lowest BCUT2D eigenvalue weighted by Crippen LogP contribution is -2.01. The van der Waals surface area contributed by atoms with E-state index >= 15 is 0 Å². The van der Waals surface area contributed by atoms with Crippen LogP contribution in [0, 0.1) is 23.7 Å². The van der Waals surface area contributed by atoms with Crippen LogP contribution in [0.5, 0.6) is 0 Å². The summed E-state index contributed by atoms with van der Waals surface area (Å²) in [5, 5.41) is 16.1. The summed E-state index contributed by atoms with van der Waals surface area (Å²) >= 11 is 0. The maximum absolute atomic E-state index is 7.56. The lowest BCUT2D eigenvalue weighted by molar-refractivity contribution is 0.983. The van der Waals surface area contributed by atoms with E-state index in [1.54, 1.807) is 6.08 Å². The molecule has 1 aliphatic carbocycles. The first kappa shape index (κ1) is 19.2. The molecule has 2 rings (SSSR count). The van der Waals surface area contributed by atoms with Crippen molar-refractivity contribution in [2.24, 2.45) is 10.9 Å². The summed E-state index contributed by atoms with van der Waals surface area (Å²) in [6.07, 6.45) is 7.19. The normalized spacial score (nSPS) is 14.6. The molecule has 0 spiro atoms. The molecule has 1 aromatic rings. The second-order valence-corrected chi connectivity index (χ2v) is 6.50. The minimum absolute atomic E-state index is 0.269. The van der Waals surface area contributed by atoms with E-state index in [9.17, 15) is 0 Å². The summed E-state index contributed by atoms with van der Waals surface area (Å²) in [5.74, 6) is 1.08. The van der Waals surface area contributed by atoms with Crippen molar-refractivity contribution in [2.45, 2.75) is 33.6 Å². The smallest absolute Gasteiger partial charge is 0.0662 e. The van der Waals surface area contributed by atoms with Gasteiger partial charge in [-0.1, -0.05) is 32.4 Å². The molecule has 1 atom stereocenters. The molecule has 0 amide bonds. The van der Waals surface area contributed by atoms with E-state index < -0.39 is 0 Å². The van der Waals surface area contributed by atoms with Crippen LogP contribution in [0.15, 0.2) is 47.5 Å². The number of nitrogens with zero attached hydrogens (tertiary/aromatic N) is 1. The molecule has 1 unspecified atom stereocenters. The van der Waals surface area contributed by atoms with Crippen LogP contribution in [0.25, 0.3) is 0 Å². The Morgan fingerprint density at radius 2 is 2.00 bits per heavy atom. The van der Waals surface area contributed by atoms with E-state index in [0.29, 0.717) is 11.3 Å². The van der Waals surface area contributed by atoms with Crippen molar-refractivity contribution in [1.29, 1.82) is 10.8 Å². The van der Waals surface area contributed by atoms with Gasteiger partial charge in [-0.15, -0.1) is 9.24 Å². The van der Waals surface area contributed by atoms with Crippen LogP contribution < -0.4 is 5.30 Å². The Labute approximate surface area is 141 Å². The zero-order valence-electron chi connectivity index (χ0n) is 14.2. The summed E-state index contributed by atoms with van der Waals surface area (Å²) < 4.78 is 0. The highest BCUT2D eigenvalue weighted by Crippen LogP contribution is 2.26. The van der Waals surface area contributed by atoms with E-state index in [0.717, 1.165) is 22.5 Å². The molecule has 0 saturated heterocycles. The van der Waals surface area contributed by atoms with E-state index in [2.05, 4.69) is 27.7 Å². The van der Waals surface area contributed by atoms with E-state index in [4.69, 9.17) is 10.8 Å². The number of nitrogens with one attached hydrogen (secondary N) is 2. The van der Waals surface area contributed by atoms with Gasteiger partial charge < -0.3 is 10.8 Å². The molecule has 23 heavy (non-hydrogen) atoms. The number of rotatable bonds is 5. The molecule has 0 aliphatic heterocycles. The number of hydrogen-bond donors (Lipinski definition) is 2. The summed E-state index contributed by atoms with van der Waals surface area (Å²) in [6, 6.07) is 5.96. The quantitative estimate of drug-likeness (QED) is 0.577. The first-order chi connectivity index (χ1) is 10.9. The molecule has 1 fully saturated rings. The van der Waals surface area contributed by atoms with Crippen molar-refractivity contribution in [2.75, 3.05) is 0 Å². The second-order valence-electron chi connectivity index (χ2n) is 5.83. The lowest BCUT2D eigenvalue weighted by atomic mass is 10.1. The third-order valence-electron chi connectivity index (χ3n) is 3.48. The summed E-state index contributed by atoms with van der Waals surface area (Å²) in [4.78, 5) is 4.52. The summed E-state index contributed by atoms with van der Waals surface area (Å²) in [7, 11) is 2.65. The van der Waals surface area contributed by atoms with Crippen LogP contribution >= 0.6 is 9.24 Å². The Morgan fingerprint density at radius 3 is 2.43 bits per heavy atom. The zero-order valence-corrected chi connectivity index (χ0v) is 15.3. The molecule has 3 nitrogen and oxygen atoms in total. The number of benzene rings is 1. The van der Waals surface area contributed by atoms with Crippen molar-refractivity contribution in [3.05, 3.63) is 48.1 Å². The second kappa shape index (κ2) is 9.32. The van der Waals surface area contributed by atoms with Crippen molar-refractivity contribution >= 4 is 37.9 Å². The molecule has 1 aromatic carbocycles. The van der Waals surface area contributed by atoms with Crippen LogP contribution in [-0.2, 0) is 0 Å². The minimum Gasteiger partial charge on any atom is -0.308 e. The van der Waals surface area contributed by atoms with Gasteiger partial charge in [0.05, 0.1) is 11.4 Å². The first-order valence-corrected chi connectivity index (χ1v) is 8.30. The molecular formula is C19H26N3P. The van der Waals surface area contributed by atoms with Gasteiger partial charge in [-0.25, -0.2) is 0 Å². The van der Waals surface area contributed by atoms with E-state index in [1.165, 1.54) is 25.1 Å². The van der Waals surface area contributed by atoms with Gasteiger partial charge in [0, 0.05) is 17.5 Å². The molecule has 4 heteroatoms. The van der Waals surface area contributed by atoms with Crippen LogP contribution in [0.1, 0.15) is 32.3 Å². The molecule has 0 bridgehead atoms. The Kier molecular flexibility index (Phi) is 7.77. The number of aliphatic imine (C=N–C) groups is 1. The third-order valence-corrected chi connectivity index (χ3v) is 3.84. The summed E-state index contributed by atoms with van der Waals surface area (Å²) in [6.45, 7) is 9.64. The predicted molar refractivity (Wildman–Crippen MR) is 106 cm³/mol. The summed E-state index contributed by atoms with van der Waals surface area (Å²) in [5.41, 5.74) is 3.54. The van der Waals surface area contributed by atoms with Crippen molar-refractivity contribution in [3.63, 3.8) is 0 Å². The van der Waals surface area contributed by atoms with Crippen molar-refractivity contribution in [3.8, 4) is 0 Å². The molecular weight excluding hydrogens is 301 g/mol. The highest BCUT2D eigenvalue weighted by atomic mass is 31.0. The topological polar surface area (TPSA) is 60.1 Å². The first-order valence-electron chi connectivity index (χ1n) is 7.72. The monoisotopic (exact) mass is 327 g/mol. The fourth-order valence-electron chi connectivity index (χ4n) is 1.69.